The number of fused-ring (bicyclic) bond motifs is 1. The van der Waals surface area contributed by atoms with E-state index in [0.717, 1.165) is 17.3 Å². The molecule has 0 saturated carbocycles. The molecule has 0 amide bonds. The third kappa shape index (κ3) is 2.30. The van der Waals surface area contributed by atoms with Crippen molar-refractivity contribution in [2.45, 2.75) is 12.6 Å². The van der Waals surface area contributed by atoms with Crippen molar-refractivity contribution in [3.63, 3.8) is 0 Å². The number of nitrogens with zero attached hydrogens (tertiary/aromatic N) is 3. The van der Waals surface area contributed by atoms with Crippen LogP contribution in [0.3, 0.4) is 0 Å². The summed E-state index contributed by atoms with van der Waals surface area (Å²) in [5.74, 6) is -0.368. The minimum Gasteiger partial charge on any atom is -0.508 e. The molecule has 122 valence electrons. The van der Waals surface area contributed by atoms with Crippen molar-refractivity contribution in [3.05, 3.63) is 42.1 Å². The van der Waals surface area contributed by atoms with Gasteiger partial charge in [0.05, 0.1) is 24.9 Å². The lowest BCUT2D eigenvalue weighted by Crippen LogP contribution is -2.25. The van der Waals surface area contributed by atoms with Gasteiger partial charge in [0.15, 0.2) is 6.23 Å². The normalized spacial score (nSPS) is 16.8. The maximum absolute atomic E-state index is 11.7. The molecular formula is C17H15N3O4. The predicted octanol–water partition coefficient (Wildman–Crippen LogP) is 2.51. The molecular weight excluding hydrogens is 310 g/mol. The number of methoxy groups -OCH3 is 1. The molecule has 1 aliphatic heterocycles. The van der Waals surface area contributed by atoms with Crippen molar-refractivity contribution in [1.82, 2.24) is 14.8 Å². The van der Waals surface area contributed by atoms with Gasteiger partial charge in [0.2, 0.25) is 0 Å². The van der Waals surface area contributed by atoms with Gasteiger partial charge >= 0.3 is 5.97 Å². The standard InChI is InChI=1S/C17H15N3O4/c1-23-17(22)13-4-2-3-12(18-13)16-11-9-10(21)5-6-14(11)20(19-16)15-7-8-24-15/h2-6,9,15,21H,7-8H2,1H3. The molecule has 7 heteroatoms. The van der Waals surface area contributed by atoms with Crippen LogP contribution in [0.1, 0.15) is 23.1 Å². The zero-order chi connectivity index (χ0) is 16.7. The molecule has 1 aliphatic rings. The van der Waals surface area contributed by atoms with E-state index < -0.39 is 5.97 Å². The van der Waals surface area contributed by atoms with Crippen molar-refractivity contribution >= 4 is 16.9 Å². The first kappa shape index (κ1) is 14.6. The van der Waals surface area contributed by atoms with Gasteiger partial charge in [-0.1, -0.05) is 6.07 Å². The third-order valence-electron chi connectivity index (χ3n) is 4.02. The molecule has 3 aromatic rings. The SMILES string of the molecule is COC(=O)c1cccc(-c2nn(C3CCO3)c3ccc(O)cc23)n1. The van der Waals surface area contributed by atoms with Crippen molar-refractivity contribution in [2.24, 2.45) is 0 Å². The highest BCUT2D eigenvalue weighted by atomic mass is 16.5. The summed E-state index contributed by atoms with van der Waals surface area (Å²) < 4.78 is 12.0. The van der Waals surface area contributed by atoms with Crippen molar-refractivity contribution in [1.29, 1.82) is 0 Å². The number of carbonyl (C=O) groups is 1. The molecule has 24 heavy (non-hydrogen) atoms. The number of aromatic nitrogens is 3. The second-order valence-electron chi connectivity index (χ2n) is 5.51. The molecule has 0 radical (unpaired) electrons. The van der Waals surface area contributed by atoms with Crippen molar-refractivity contribution in [2.75, 3.05) is 13.7 Å². The Balaban J connectivity index is 1.90. The van der Waals surface area contributed by atoms with E-state index in [1.54, 1.807) is 41.1 Å². The van der Waals surface area contributed by atoms with E-state index in [2.05, 4.69) is 10.1 Å². The minimum absolute atomic E-state index is 0.116. The maximum atomic E-state index is 11.7. The fourth-order valence-corrected chi connectivity index (χ4v) is 2.74. The van der Waals surface area contributed by atoms with Crippen LogP contribution in [0.4, 0.5) is 0 Å². The van der Waals surface area contributed by atoms with E-state index in [9.17, 15) is 9.90 Å². The number of benzene rings is 1. The lowest BCUT2D eigenvalue weighted by atomic mass is 10.1. The first-order valence-electron chi connectivity index (χ1n) is 7.56. The van der Waals surface area contributed by atoms with Crippen LogP contribution >= 0.6 is 0 Å². The second-order valence-corrected chi connectivity index (χ2v) is 5.51. The fraction of sp³-hybridized carbons (Fsp3) is 0.235. The molecule has 0 spiro atoms. The van der Waals surface area contributed by atoms with Crippen LogP contribution in [-0.4, -0.2) is 39.6 Å². The number of rotatable bonds is 3. The topological polar surface area (TPSA) is 86.5 Å². The Morgan fingerprint density at radius 1 is 1.38 bits per heavy atom. The van der Waals surface area contributed by atoms with Gasteiger partial charge in [-0.3, -0.25) is 0 Å². The van der Waals surface area contributed by atoms with E-state index in [1.807, 2.05) is 0 Å². The van der Waals surface area contributed by atoms with E-state index in [1.165, 1.54) is 7.11 Å². The molecule has 3 heterocycles. The van der Waals surface area contributed by atoms with Gasteiger partial charge in [-0.05, 0) is 30.3 Å². The van der Waals surface area contributed by atoms with E-state index >= 15 is 0 Å². The Morgan fingerprint density at radius 2 is 2.21 bits per heavy atom. The quantitative estimate of drug-likeness (QED) is 0.745. The molecule has 1 unspecified atom stereocenters. The molecule has 1 atom stereocenters. The Bertz CT molecular complexity index is 931. The van der Waals surface area contributed by atoms with E-state index in [4.69, 9.17) is 9.47 Å². The summed E-state index contributed by atoms with van der Waals surface area (Å²) in [6.45, 7) is 0.704. The molecule has 4 rings (SSSR count). The maximum Gasteiger partial charge on any atom is 0.356 e. The molecule has 2 aromatic heterocycles. The van der Waals surface area contributed by atoms with E-state index in [0.29, 0.717) is 18.0 Å². The van der Waals surface area contributed by atoms with Crippen LogP contribution in [0.25, 0.3) is 22.3 Å². The average molecular weight is 325 g/mol. The number of esters is 1. The largest absolute Gasteiger partial charge is 0.508 e. The summed E-state index contributed by atoms with van der Waals surface area (Å²) in [6.07, 6.45) is 0.766. The highest BCUT2D eigenvalue weighted by Gasteiger charge is 2.25. The van der Waals surface area contributed by atoms with Crippen molar-refractivity contribution in [3.8, 4) is 17.1 Å². The molecule has 1 aromatic carbocycles. The Morgan fingerprint density at radius 3 is 2.92 bits per heavy atom. The van der Waals surface area contributed by atoms with Crippen LogP contribution in [0.5, 0.6) is 5.75 Å². The zero-order valence-electron chi connectivity index (χ0n) is 13.0. The lowest BCUT2D eigenvalue weighted by Gasteiger charge is -2.27. The Labute approximate surface area is 137 Å². The third-order valence-corrected chi connectivity index (χ3v) is 4.02. The fourth-order valence-electron chi connectivity index (χ4n) is 2.74. The lowest BCUT2D eigenvalue weighted by molar-refractivity contribution is -0.104. The first-order chi connectivity index (χ1) is 11.7. The monoisotopic (exact) mass is 325 g/mol. The van der Waals surface area contributed by atoms with Gasteiger partial charge in [-0.15, -0.1) is 0 Å². The summed E-state index contributed by atoms with van der Waals surface area (Å²) in [7, 11) is 1.31. The number of pyridine rings is 1. The smallest absolute Gasteiger partial charge is 0.356 e. The number of ether oxygens (including phenoxy) is 2. The summed E-state index contributed by atoms with van der Waals surface area (Å²) in [4.78, 5) is 16.1. The first-order valence-corrected chi connectivity index (χ1v) is 7.56. The highest BCUT2D eigenvalue weighted by Crippen LogP contribution is 2.34. The minimum atomic E-state index is -0.509. The average Bonchev–Trinajstić information content (AvgIpc) is 2.91. The Hall–Kier alpha value is -2.93. The molecule has 1 saturated heterocycles. The summed E-state index contributed by atoms with van der Waals surface area (Å²) >= 11 is 0. The predicted molar refractivity (Wildman–Crippen MR) is 85.6 cm³/mol. The van der Waals surface area contributed by atoms with Gasteiger partial charge in [0.1, 0.15) is 17.1 Å². The summed E-state index contributed by atoms with van der Waals surface area (Å²) in [5.41, 5.74) is 2.17. The van der Waals surface area contributed by atoms with Gasteiger partial charge < -0.3 is 14.6 Å². The van der Waals surface area contributed by atoms with Crippen molar-refractivity contribution < 1.29 is 19.4 Å². The highest BCUT2D eigenvalue weighted by molar-refractivity contribution is 5.94. The summed E-state index contributed by atoms with van der Waals surface area (Å²) in [5, 5.41) is 15.2. The number of aromatic hydroxyl groups is 1. The van der Waals surface area contributed by atoms with Gasteiger partial charge in [0, 0.05) is 11.8 Å². The molecule has 1 N–H and O–H groups in total. The van der Waals surface area contributed by atoms with Crippen LogP contribution in [0.2, 0.25) is 0 Å². The summed E-state index contributed by atoms with van der Waals surface area (Å²) in [6, 6.07) is 10.1. The van der Waals surface area contributed by atoms with Gasteiger partial charge in [-0.2, -0.15) is 5.10 Å². The second kappa shape index (κ2) is 5.61. The number of phenolic OH excluding ortho intramolecular Hbond substituents is 1. The molecule has 0 aliphatic carbocycles. The number of carbonyl (C=O) groups excluding carboxylic acids is 1. The van der Waals surface area contributed by atoms with E-state index in [-0.39, 0.29) is 17.7 Å². The van der Waals surface area contributed by atoms with Crippen LogP contribution in [0.15, 0.2) is 36.4 Å². The zero-order valence-corrected chi connectivity index (χ0v) is 13.0. The Kier molecular flexibility index (Phi) is 3.42. The van der Waals surface area contributed by atoms with Gasteiger partial charge in [0.25, 0.3) is 0 Å². The van der Waals surface area contributed by atoms with Crippen LogP contribution in [-0.2, 0) is 9.47 Å². The van der Waals surface area contributed by atoms with Crippen LogP contribution in [0, 0.1) is 0 Å². The number of hydrogen-bond donors (Lipinski definition) is 1. The number of phenols is 1. The molecule has 1 fully saturated rings. The molecule has 0 bridgehead atoms. The van der Waals surface area contributed by atoms with Crippen LogP contribution < -0.4 is 0 Å². The van der Waals surface area contributed by atoms with Gasteiger partial charge in [-0.25, -0.2) is 14.5 Å². The molecule has 7 nitrogen and oxygen atoms in total. The number of hydrogen-bond acceptors (Lipinski definition) is 6.